The van der Waals surface area contributed by atoms with Gasteiger partial charge in [0, 0.05) is 19.2 Å². The second-order valence-electron chi connectivity index (χ2n) is 4.92. The summed E-state index contributed by atoms with van der Waals surface area (Å²) >= 11 is 0. The summed E-state index contributed by atoms with van der Waals surface area (Å²) in [7, 11) is 0. The second kappa shape index (κ2) is 4.82. The van der Waals surface area contributed by atoms with Crippen LogP contribution in [-0.4, -0.2) is 33.7 Å². The van der Waals surface area contributed by atoms with Gasteiger partial charge in [-0.3, -0.25) is 10.1 Å². The van der Waals surface area contributed by atoms with Crippen molar-refractivity contribution in [2.45, 2.75) is 25.4 Å². The molecule has 2 rings (SSSR count). The van der Waals surface area contributed by atoms with E-state index in [0.29, 0.717) is 31.7 Å². The fraction of sp³-hybridized carbons (Fsp3) is 0.500. The molecule has 0 aromatic carbocycles. The van der Waals surface area contributed by atoms with Crippen molar-refractivity contribution < 1.29 is 10.0 Å². The maximum absolute atomic E-state index is 10.7. The SMILES string of the molecule is CC1(O)CCN(c2ncc([N+](=O)[O-])cc2C#N)CC1. The van der Waals surface area contributed by atoms with E-state index in [0.717, 1.165) is 6.20 Å². The zero-order chi connectivity index (χ0) is 14.0. The molecule has 0 bridgehead atoms. The second-order valence-corrected chi connectivity index (χ2v) is 4.92. The molecule has 0 radical (unpaired) electrons. The molecular formula is C12H14N4O3. The van der Waals surface area contributed by atoms with Crippen LogP contribution in [0.2, 0.25) is 0 Å². The van der Waals surface area contributed by atoms with E-state index in [2.05, 4.69) is 4.98 Å². The van der Waals surface area contributed by atoms with E-state index in [1.54, 1.807) is 6.92 Å². The van der Waals surface area contributed by atoms with Crippen LogP contribution >= 0.6 is 0 Å². The average molecular weight is 262 g/mol. The molecule has 1 N–H and O–H groups in total. The van der Waals surface area contributed by atoms with Gasteiger partial charge in [-0.25, -0.2) is 4.98 Å². The molecule has 1 aliphatic rings. The predicted molar refractivity (Wildman–Crippen MR) is 67.7 cm³/mol. The van der Waals surface area contributed by atoms with Gasteiger partial charge in [-0.2, -0.15) is 5.26 Å². The van der Waals surface area contributed by atoms with Crippen LogP contribution in [0.25, 0.3) is 0 Å². The van der Waals surface area contributed by atoms with Crippen molar-refractivity contribution >= 4 is 11.5 Å². The number of nitro groups is 1. The number of hydrogen-bond acceptors (Lipinski definition) is 6. The Morgan fingerprint density at radius 1 is 1.58 bits per heavy atom. The molecule has 1 aliphatic heterocycles. The molecule has 100 valence electrons. The van der Waals surface area contributed by atoms with Gasteiger partial charge in [0.15, 0.2) is 0 Å². The van der Waals surface area contributed by atoms with Crippen LogP contribution in [0.3, 0.4) is 0 Å². The largest absolute Gasteiger partial charge is 0.390 e. The van der Waals surface area contributed by atoms with Crippen molar-refractivity contribution in [3.8, 4) is 6.07 Å². The van der Waals surface area contributed by atoms with Crippen molar-refractivity contribution in [3.05, 3.63) is 27.9 Å². The maximum atomic E-state index is 10.7. The molecule has 2 heterocycles. The molecule has 0 spiro atoms. The zero-order valence-corrected chi connectivity index (χ0v) is 10.5. The summed E-state index contributed by atoms with van der Waals surface area (Å²) in [4.78, 5) is 16.0. The Morgan fingerprint density at radius 3 is 2.74 bits per heavy atom. The molecule has 1 saturated heterocycles. The number of hydrogen-bond donors (Lipinski definition) is 1. The third kappa shape index (κ3) is 2.80. The van der Waals surface area contributed by atoms with Crippen molar-refractivity contribution in [3.63, 3.8) is 0 Å². The van der Waals surface area contributed by atoms with E-state index in [4.69, 9.17) is 5.26 Å². The Hall–Kier alpha value is -2.20. The Balaban J connectivity index is 2.26. The third-order valence-corrected chi connectivity index (χ3v) is 3.32. The highest BCUT2D eigenvalue weighted by Crippen LogP contribution is 2.28. The normalized spacial score (nSPS) is 17.8. The highest BCUT2D eigenvalue weighted by atomic mass is 16.6. The number of aliphatic hydroxyl groups is 1. The first-order valence-corrected chi connectivity index (χ1v) is 5.95. The first-order valence-electron chi connectivity index (χ1n) is 5.95. The molecule has 1 aromatic heterocycles. The lowest BCUT2D eigenvalue weighted by molar-refractivity contribution is -0.385. The van der Waals surface area contributed by atoms with Gasteiger partial charge >= 0.3 is 0 Å². The van der Waals surface area contributed by atoms with Gasteiger partial charge in [0.1, 0.15) is 23.6 Å². The van der Waals surface area contributed by atoms with Gasteiger partial charge in [-0.1, -0.05) is 0 Å². The first kappa shape index (κ1) is 13.2. The summed E-state index contributed by atoms with van der Waals surface area (Å²) in [6.45, 7) is 2.93. The molecule has 7 heteroatoms. The molecule has 0 aliphatic carbocycles. The van der Waals surface area contributed by atoms with Crippen LogP contribution in [0.1, 0.15) is 25.3 Å². The van der Waals surface area contributed by atoms with Gasteiger partial charge in [-0.15, -0.1) is 0 Å². The fourth-order valence-corrected chi connectivity index (χ4v) is 2.08. The monoisotopic (exact) mass is 262 g/mol. The minimum Gasteiger partial charge on any atom is -0.390 e. The minimum atomic E-state index is -0.690. The van der Waals surface area contributed by atoms with E-state index in [1.807, 2.05) is 11.0 Å². The predicted octanol–water partition coefficient (Wildman–Crippen LogP) is 1.21. The average Bonchev–Trinajstić information content (AvgIpc) is 2.38. The molecular weight excluding hydrogens is 248 g/mol. The van der Waals surface area contributed by atoms with Crippen molar-refractivity contribution in [2.24, 2.45) is 0 Å². The van der Waals surface area contributed by atoms with Crippen LogP contribution in [0.5, 0.6) is 0 Å². The fourth-order valence-electron chi connectivity index (χ4n) is 2.08. The van der Waals surface area contributed by atoms with Crippen molar-refractivity contribution in [2.75, 3.05) is 18.0 Å². The van der Waals surface area contributed by atoms with E-state index in [-0.39, 0.29) is 11.3 Å². The van der Waals surface area contributed by atoms with E-state index in [9.17, 15) is 15.2 Å². The van der Waals surface area contributed by atoms with Crippen LogP contribution in [0, 0.1) is 21.4 Å². The van der Waals surface area contributed by atoms with Gasteiger partial charge < -0.3 is 10.0 Å². The molecule has 1 fully saturated rings. The van der Waals surface area contributed by atoms with Crippen LogP contribution in [0.4, 0.5) is 11.5 Å². The van der Waals surface area contributed by atoms with Crippen molar-refractivity contribution in [1.29, 1.82) is 5.26 Å². The van der Waals surface area contributed by atoms with Crippen LogP contribution in [0.15, 0.2) is 12.3 Å². The number of aromatic nitrogens is 1. The summed E-state index contributed by atoms with van der Waals surface area (Å²) in [5, 5.41) is 29.6. The summed E-state index contributed by atoms with van der Waals surface area (Å²) in [6.07, 6.45) is 2.32. The van der Waals surface area contributed by atoms with Gasteiger partial charge in [0.05, 0.1) is 10.5 Å². The van der Waals surface area contributed by atoms with Crippen molar-refractivity contribution in [1.82, 2.24) is 4.98 Å². The van der Waals surface area contributed by atoms with E-state index in [1.165, 1.54) is 6.07 Å². The van der Waals surface area contributed by atoms with Crippen LogP contribution in [-0.2, 0) is 0 Å². The quantitative estimate of drug-likeness (QED) is 0.634. The summed E-state index contributed by atoms with van der Waals surface area (Å²) in [5.74, 6) is 0.448. The highest BCUT2D eigenvalue weighted by molar-refractivity contribution is 5.57. The molecule has 1 aromatic rings. The van der Waals surface area contributed by atoms with Gasteiger partial charge in [-0.05, 0) is 19.8 Å². The lowest BCUT2D eigenvalue weighted by Gasteiger charge is -2.36. The minimum absolute atomic E-state index is 0.190. The summed E-state index contributed by atoms with van der Waals surface area (Å²) in [5.41, 5.74) is -0.690. The Kier molecular flexibility index (Phi) is 3.36. The zero-order valence-electron chi connectivity index (χ0n) is 10.5. The maximum Gasteiger partial charge on any atom is 0.289 e. The third-order valence-electron chi connectivity index (χ3n) is 3.32. The topological polar surface area (TPSA) is 103 Å². The standard InChI is InChI=1S/C12H14N4O3/c1-12(17)2-4-15(5-3-12)11-9(7-13)6-10(8-14-11)16(18)19/h6,8,17H,2-5H2,1H3. The van der Waals surface area contributed by atoms with Crippen LogP contribution < -0.4 is 4.90 Å². The number of anilines is 1. The molecule has 19 heavy (non-hydrogen) atoms. The first-order chi connectivity index (χ1) is 8.93. The number of nitriles is 1. The summed E-state index contributed by atoms with van der Waals surface area (Å²) < 4.78 is 0. The smallest absolute Gasteiger partial charge is 0.289 e. The highest BCUT2D eigenvalue weighted by Gasteiger charge is 2.29. The molecule has 7 nitrogen and oxygen atoms in total. The van der Waals surface area contributed by atoms with Gasteiger partial charge in [0.2, 0.25) is 0 Å². The number of rotatable bonds is 2. The van der Waals surface area contributed by atoms with E-state index >= 15 is 0 Å². The molecule has 0 amide bonds. The van der Waals surface area contributed by atoms with E-state index < -0.39 is 10.5 Å². The molecule has 0 atom stereocenters. The Bertz CT molecular complexity index is 540. The summed E-state index contributed by atoms with van der Waals surface area (Å²) in [6, 6.07) is 3.17. The number of nitrogens with zero attached hydrogens (tertiary/aromatic N) is 4. The lowest BCUT2D eigenvalue weighted by Crippen LogP contribution is -2.43. The Morgan fingerprint density at radius 2 is 2.21 bits per heavy atom. The number of piperidine rings is 1. The number of pyridine rings is 1. The lowest BCUT2D eigenvalue weighted by atomic mass is 9.93. The molecule has 0 saturated carbocycles. The molecule has 0 unspecified atom stereocenters. The van der Waals surface area contributed by atoms with Gasteiger partial charge in [0.25, 0.3) is 5.69 Å². The Labute approximate surface area is 110 Å².